The lowest BCUT2D eigenvalue weighted by molar-refractivity contribution is 0.0696. The monoisotopic (exact) mass is 241 g/mol. The lowest BCUT2D eigenvalue weighted by Crippen LogP contribution is -2.04. The van der Waals surface area contributed by atoms with Crippen LogP contribution in [0.25, 0.3) is 0 Å². The summed E-state index contributed by atoms with van der Waals surface area (Å²) in [5.74, 6) is -0.882. The van der Waals surface area contributed by atoms with Gasteiger partial charge in [-0.15, -0.1) is 0 Å². The van der Waals surface area contributed by atoms with Crippen LogP contribution in [0.5, 0.6) is 0 Å². The molecule has 18 heavy (non-hydrogen) atoms. The highest BCUT2D eigenvalue weighted by Gasteiger charge is 2.10. The summed E-state index contributed by atoms with van der Waals surface area (Å²) in [7, 11) is 1.86. The summed E-state index contributed by atoms with van der Waals surface area (Å²) < 4.78 is 0. The molecule has 0 fully saturated rings. The molecule has 2 rings (SSSR count). The topological polar surface area (TPSA) is 49.3 Å². The van der Waals surface area contributed by atoms with E-state index >= 15 is 0 Å². The fraction of sp³-hybridized carbons (Fsp3) is 0.133. The molecule has 0 spiro atoms. The third-order valence-corrected chi connectivity index (χ3v) is 2.92. The van der Waals surface area contributed by atoms with E-state index < -0.39 is 5.97 Å². The van der Waals surface area contributed by atoms with Gasteiger partial charge in [0.1, 0.15) is 0 Å². The van der Waals surface area contributed by atoms with E-state index in [1.165, 1.54) is 0 Å². The number of rotatable bonds is 4. The molecule has 2 N–H and O–H groups in total. The maximum Gasteiger partial charge on any atom is 0.335 e. The van der Waals surface area contributed by atoms with Gasteiger partial charge < -0.3 is 10.4 Å². The van der Waals surface area contributed by atoms with Crippen LogP contribution in [-0.2, 0) is 6.42 Å². The zero-order chi connectivity index (χ0) is 13.0. The molecule has 0 unspecified atom stereocenters. The third-order valence-electron chi connectivity index (χ3n) is 2.92. The summed E-state index contributed by atoms with van der Waals surface area (Å²) in [6, 6.07) is 15.0. The lowest BCUT2D eigenvalue weighted by Gasteiger charge is -2.10. The van der Waals surface area contributed by atoms with Gasteiger partial charge in [-0.3, -0.25) is 0 Å². The molecule has 0 aliphatic rings. The molecule has 0 aliphatic carbocycles. The fourth-order valence-corrected chi connectivity index (χ4v) is 2.01. The highest BCUT2D eigenvalue weighted by Crippen LogP contribution is 2.20. The van der Waals surface area contributed by atoms with Gasteiger partial charge in [0.2, 0.25) is 0 Å². The van der Waals surface area contributed by atoms with E-state index in [0.717, 1.165) is 16.8 Å². The third kappa shape index (κ3) is 2.51. The van der Waals surface area contributed by atoms with Crippen molar-refractivity contribution in [3.05, 3.63) is 65.2 Å². The van der Waals surface area contributed by atoms with Crippen LogP contribution < -0.4 is 5.32 Å². The van der Waals surface area contributed by atoms with Gasteiger partial charge in [-0.05, 0) is 23.3 Å². The van der Waals surface area contributed by atoms with Gasteiger partial charge >= 0.3 is 5.97 Å². The van der Waals surface area contributed by atoms with E-state index in [9.17, 15) is 4.79 Å². The summed E-state index contributed by atoms with van der Waals surface area (Å²) >= 11 is 0. The second-order valence-corrected chi connectivity index (χ2v) is 4.05. The molecular weight excluding hydrogens is 226 g/mol. The first-order valence-corrected chi connectivity index (χ1v) is 5.79. The normalized spacial score (nSPS) is 10.1. The molecule has 0 saturated heterocycles. The van der Waals surface area contributed by atoms with Gasteiger partial charge in [0.25, 0.3) is 0 Å². The van der Waals surface area contributed by atoms with E-state index in [2.05, 4.69) is 5.32 Å². The van der Waals surface area contributed by atoms with Gasteiger partial charge in [0.15, 0.2) is 0 Å². The maximum absolute atomic E-state index is 11.2. The number of aromatic carboxylic acids is 1. The Hall–Kier alpha value is -2.29. The summed E-state index contributed by atoms with van der Waals surface area (Å²) in [5.41, 5.74) is 3.31. The largest absolute Gasteiger partial charge is 0.478 e. The molecule has 0 amide bonds. The Morgan fingerprint density at radius 3 is 2.33 bits per heavy atom. The number of para-hydroxylation sites is 1. The Bertz CT molecular complexity index is 564. The van der Waals surface area contributed by atoms with E-state index in [1.807, 2.05) is 43.4 Å². The van der Waals surface area contributed by atoms with Crippen molar-refractivity contribution >= 4 is 11.7 Å². The standard InChI is InChI=1S/C15H15NO2/c1-16-14-9-5-3-7-12(14)10-11-6-2-4-8-13(11)15(17)18/h2-9,16H,10H2,1H3,(H,17,18). The van der Waals surface area contributed by atoms with Gasteiger partial charge in [-0.2, -0.15) is 0 Å². The molecule has 0 radical (unpaired) electrons. The summed E-state index contributed by atoms with van der Waals surface area (Å²) in [5, 5.41) is 12.3. The average Bonchev–Trinajstić information content (AvgIpc) is 2.40. The second kappa shape index (κ2) is 5.36. The van der Waals surface area contributed by atoms with Crippen molar-refractivity contribution in [1.82, 2.24) is 0 Å². The van der Waals surface area contributed by atoms with Gasteiger partial charge in [-0.1, -0.05) is 36.4 Å². The average molecular weight is 241 g/mol. The van der Waals surface area contributed by atoms with Crippen LogP contribution >= 0.6 is 0 Å². The van der Waals surface area contributed by atoms with Gasteiger partial charge in [-0.25, -0.2) is 4.79 Å². The number of benzene rings is 2. The number of nitrogens with one attached hydrogen (secondary N) is 1. The minimum absolute atomic E-state index is 0.364. The Morgan fingerprint density at radius 2 is 1.67 bits per heavy atom. The van der Waals surface area contributed by atoms with Gasteiger partial charge in [0.05, 0.1) is 5.56 Å². The molecule has 2 aromatic rings. The summed E-state index contributed by atoms with van der Waals surface area (Å²) in [6.45, 7) is 0. The first-order chi connectivity index (χ1) is 8.72. The van der Waals surface area contributed by atoms with Crippen molar-refractivity contribution in [3.63, 3.8) is 0 Å². The van der Waals surface area contributed by atoms with Crippen LogP contribution in [0.3, 0.4) is 0 Å². The van der Waals surface area contributed by atoms with Crippen LogP contribution in [0.1, 0.15) is 21.5 Å². The van der Waals surface area contributed by atoms with Crippen molar-refractivity contribution in [2.75, 3.05) is 12.4 Å². The minimum atomic E-state index is -0.882. The number of hydrogen-bond acceptors (Lipinski definition) is 2. The molecule has 0 atom stereocenters. The summed E-state index contributed by atoms with van der Waals surface area (Å²) in [6.07, 6.45) is 0.611. The zero-order valence-electron chi connectivity index (χ0n) is 10.2. The van der Waals surface area contributed by atoms with E-state index in [0.29, 0.717) is 12.0 Å². The van der Waals surface area contributed by atoms with Crippen molar-refractivity contribution in [2.45, 2.75) is 6.42 Å². The van der Waals surface area contributed by atoms with Crippen LogP contribution in [-0.4, -0.2) is 18.1 Å². The summed E-state index contributed by atoms with van der Waals surface area (Å²) in [4.78, 5) is 11.2. The van der Waals surface area contributed by atoms with E-state index in [4.69, 9.17) is 5.11 Å². The number of carbonyl (C=O) groups is 1. The molecule has 0 saturated carbocycles. The molecule has 3 nitrogen and oxygen atoms in total. The Labute approximate surface area is 106 Å². The highest BCUT2D eigenvalue weighted by molar-refractivity contribution is 5.89. The predicted octanol–water partition coefficient (Wildman–Crippen LogP) is 3.02. The first-order valence-electron chi connectivity index (χ1n) is 5.79. The fourth-order valence-electron chi connectivity index (χ4n) is 2.01. The minimum Gasteiger partial charge on any atom is -0.478 e. The van der Waals surface area contributed by atoms with Crippen LogP contribution in [0.15, 0.2) is 48.5 Å². The highest BCUT2D eigenvalue weighted by atomic mass is 16.4. The predicted molar refractivity (Wildman–Crippen MR) is 72.2 cm³/mol. The smallest absolute Gasteiger partial charge is 0.335 e. The van der Waals surface area contributed by atoms with Crippen LogP contribution in [0.4, 0.5) is 5.69 Å². The van der Waals surface area contributed by atoms with Crippen molar-refractivity contribution in [1.29, 1.82) is 0 Å². The van der Waals surface area contributed by atoms with Crippen LogP contribution in [0, 0.1) is 0 Å². The second-order valence-electron chi connectivity index (χ2n) is 4.05. The number of carboxylic acid groups (broad SMARTS) is 1. The Kier molecular flexibility index (Phi) is 3.63. The van der Waals surface area contributed by atoms with Crippen molar-refractivity contribution in [3.8, 4) is 0 Å². The van der Waals surface area contributed by atoms with Crippen molar-refractivity contribution in [2.24, 2.45) is 0 Å². The molecule has 2 aromatic carbocycles. The molecule has 0 bridgehead atoms. The van der Waals surface area contributed by atoms with Gasteiger partial charge in [0, 0.05) is 19.2 Å². The molecule has 92 valence electrons. The Morgan fingerprint density at radius 1 is 1.06 bits per heavy atom. The first kappa shape index (κ1) is 12.2. The molecular formula is C15H15NO2. The quantitative estimate of drug-likeness (QED) is 0.865. The number of anilines is 1. The SMILES string of the molecule is CNc1ccccc1Cc1ccccc1C(=O)O. The molecule has 3 heteroatoms. The lowest BCUT2D eigenvalue weighted by atomic mass is 9.99. The van der Waals surface area contributed by atoms with E-state index in [-0.39, 0.29) is 0 Å². The molecule has 0 aliphatic heterocycles. The Balaban J connectivity index is 2.37. The van der Waals surface area contributed by atoms with Crippen molar-refractivity contribution < 1.29 is 9.90 Å². The number of carboxylic acids is 1. The molecule has 0 aromatic heterocycles. The zero-order valence-corrected chi connectivity index (χ0v) is 10.2. The van der Waals surface area contributed by atoms with E-state index in [1.54, 1.807) is 12.1 Å². The number of hydrogen-bond donors (Lipinski definition) is 2. The van der Waals surface area contributed by atoms with Crippen LogP contribution in [0.2, 0.25) is 0 Å². The maximum atomic E-state index is 11.2. The molecule has 0 heterocycles.